The lowest BCUT2D eigenvalue weighted by molar-refractivity contribution is 0.590. The van der Waals surface area contributed by atoms with E-state index in [0.29, 0.717) is 5.82 Å². The van der Waals surface area contributed by atoms with Gasteiger partial charge >= 0.3 is 0 Å². The summed E-state index contributed by atoms with van der Waals surface area (Å²) >= 11 is 0. The van der Waals surface area contributed by atoms with E-state index in [-0.39, 0.29) is 17.5 Å². The van der Waals surface area contributed by atoms with Crippen molar-refractivity contribution in [3.05, 3.63) is 284 Å². The van der Waals surface area contributed by atoms with Gasteiger partial charge in [0.2, 0.25) is 0 Å². The molecule has 4 nitrogen and oxygen atoms in total. The predicted octanol–water partition coefficient (Wildman–Crippen LogP) is 18.8. The Morgan fingerprint density at radius 1 is 0.277 bits per heavy atom. The average Bonchev–Trinajstić information content (AvgIpc) is 1.41. The first-order valence-electron chi connectivity index (χ1n) is 29.0. The fourth-order valence-electron chi connectivity index (χ4n) is 12.4. The Labute approximate surface area is 489 Å². The van der Waals surface area contributed by atoms with Crippen molar-refractivity contribution in [2.45, 2.75) is 52.4 Å². The van der Waals surface area contributed by atoms with E-state index in [1.807, 2.05) is 0 Å². The Balaban J connectivity index is 1.07. The monoisotopic (exact) mass is 1070 g/mol. The first-order chi connectivity index (χ1) is 40.4. The summed E-state index contributed by atoms with van der Waals surface area (Å²) in [4.78, 5) is 16.5. The normalized spacial score (nSPS) is 12.6. The molecule has 0 spiro atoms. The van der Waals surface area contributed by atoms with Crippen molar-refractivity contribution >= 4 is 57.2 Å². The molecule has 0 fully saturated rings. The number of fused-ring (bicyclic) bond motifs is 4. The molecule has 0 bridgehead atoms. The molecule has 2 aliphatic heterocycles. The Morgan fingerprint density at radius 2 is 0.590 bits per heavy atom. The minimum Gasteiger partial charge on any atom is -0.311 e. The fourth-order valence-corrected chi connectivity index (χ4v) is 12.4. The molecule has 0 unspecified atom stereocenters. The van der Waals surface area contributed by atoms with Crippen LogP contribution in [0.5, 0.6) is 0 Å². The van der Waals surface area contributed by atoms with E-state index in [0.717, 1.165) is 107 Å². The van der Waals surface area contributed by atoms with Crippen LogP contribution in [-0.2, 0) is 10.8 Å². The van der Waals surface area contributed by atoms with Crippen molar-refractivity contribution in [1.82, 2.24) is 9.97 Å². The van der Waals surface area contributed by atoms with E-state index in [1.165, 1.54) is 27.5 Å². The van der Waals surface area contributed by atoms with Crippen LogP contribution < -0.4 is 26.2 Å². The summed E-state index contributed by atoms with van der Waals surface area (Å²) < 4.78 is 0. The van der Waals surface area contributed by atoms with E-state index in [1.54, 1.807) is 0 Å². The molecule has 83 heavy (non-hydrogen) atoms. The largest absolute Gasteiger partial charge is 0.311 e. The van der Waals surface area contributed by atoms with Gasteiger partial charge in [0.15, 0.2) is 5.82 Å². The van der Waals surface area contributed by atoms with Gasteiger partial charge in [-0.15, -0.1) is 0 Å². The van der Waals surface area contributed by atoms with Crippen LogP contribution >= 0.6 is 0 Å². The maximum atomic E-state index is 5.80. The number of nitrogens with zero attached hydrogens (tertiary/aromatic N) is 4. The summed E-state index contributed by atoms with van der Waals surface area (Å²) in [5.41, 5.74) is 26.6. The zero-order valence-corrected chi connectivity index (χ0v) is 47.8. The Hall–Kier alpha value is -9.84. The van der Waals surface area contributed by atoms with Gasteiger partial charge in [0.05, 0.1) is 11.4 Å². The zero-order valence-electron chi connectivity index (χ0n) is 47.8. The lowest BCUT2D eigenvalue weighted by Crippen LogP contribution is -2.61. The maximum absolute atomic E-state index is 5.80. The van der Waals surface area contributed by atoms with Gasteiger partial charge in [-0.05, 0) is 174 Å². The molecular weight excluding hydrogens is 1000 g/mol. The first kappa shape index (κ1) is 51.3. The summed E-state index contributed by atoms with van der Waals surface area (Å²) in [6.45, 7) is 13.7. The third-order valence-electron chi connectivity index (χ3n) is 16.7. The summed E-state index contributed by atoms with van der Waals surface area (Å²) in [5, 5.41) is 0. The molecule has 0 saturated carbocycles. The van der Waals surface area contributed by atoms with Crippen LogP contribution in [0.25, 0.3) is 78.4 Å². The highest BCUT2D eigenvalue weighted by atomic mass is 15.2. The number of rotatable bonds is 9. The van der Waals surface area contributed by atoms with Gasteiger partial charge in [-0.25, -0.2) is 9.97 Å². The molecule has 0 saturated heterocycles. The lowest BCUT2D eigenvalue weighted by Gasteiger charge is -2.44. The third kappa shape index (κ3) is 9.62. The molecule has 5 heteroatoms. The minimum absolute atomic E-state index is 0.0113. The van der Waals surface area contributed by atoms with Crippen LogP contribution in [0.15, 0.2) is 273 Å². The van der Waals surface area contributed by atoms with Crippen LogP contribution in [-0.4, -0.2) is 16.7 Å². The number of benzene rings is 11. The molecule has 0 N–H and O–H groups in total. The van der Waals surface area contributed by atoms with Gasteiger partial charge in [0.25, 0.3) is 6.71 Å². The van der Waals surface area contributed by atoms with Crippen LogP contribution in [0, 0.1) is 0 Å². The van der Waals surface area contributed by atoms with Gasteiger partial charge in [0, 0.05) is 50.8 Å². The van der Waals surface area contributed by atoms with E-state index in [2.05, 4.69) is 324 Å². The number of anilines is 6. The molecule has 0 amide bonds. The molecule has 398 valence electrons. The van der Waals surface area contributed by atoms with Crippen molar-refractivity contribution < 1.29 is 0 Å². The second-order valence-electron chi connectivity index (χ2n) is 24.3. The van der Waals surface area contributed by atoms with Crippen molar-refractivity contribution in [3.63, 3.8) is 0 Å². The van der Waals surface area contributed by atoms with Crippen LogP contribution in [0.4, 0.5) is 34.1 Å². The Morgan fingerprint density at radius 3 is 0.952 bits per heavy atom. The molecule has 0 aliphatic carbocycles. The van der Waals surface area contributed by atoms with E-state index in [4.69, 9.17) is 9.97 Å². The topological polar surface area (TPSA) is 32.3 Å². The minimum atomic E-state index is -0.0394. The van der Waals surface area contributed by atoms with E-state index in [9.17, 15) is 0 Å². The highest BCUT2D eigenvalue weighted by Gasteiger charge is 2.43. The van der Waals surface area contributed by atoms with Crippen LogP contribution in [0.1, 0.15) is 52.7 Å². The van der Waals surface area contributed by atoms with Crippen LogP contribution in [0.3, 0.4) is 0 Å². The van der Waals surface area contributed by atoms with Gasteiger partial charge in [-0.2, -0.15) is 0 Å². The summed E-state index contributed by atoms with van der Waals surface area (Å²) in [6.07, 6.45) is 0. The van der Waals surface area contributed by atoms with Crippen molar-refractivity contribution in [2.24, 2.45) is 0 Å². The van der Waals surface area contributed by atoms with Crippen molar-refractivity contribution in [2.75, 3.05) is 9.80 Å². The molecule has 14 rings (SSSR count). The van der Waals surface area contributed by atoms with Gasteiger partial charge in [-0.1, -0.05) is 224 Å². The summed E-state index contributed by atoms with van der Waals surface area (Å²) in [5.74, 6) is 0.642. The number of para-hydroxylation sites is 2. The molecule has 12 aromatic rings. The van der Waals surface area contributed by atoms with Crippen molar-refractivity contribution in [3.8, 4) is 78.4 Å². The van der Waals surface area contributed by atoms with Gasteiger partial charge in [0.1, 0.15) is 0 Å². The molecule has 11 aromatic carbocycles. The number of hydrogen-bond donors (Lipinski definition) is 0. The number of aromatic nitrogens is 2. The first-order valence-corrected chi connectivity index (χ1v) is 29.0. The number of hydrogen-bond acceptors (Lipinski definition) is 4. The Kier molecular flexibility index (Phi) is 12.7. The standard InChI is InChI=1S/C78H63BN4/c1-77(2,3)63-35-39-65(40-36-63)82-71-33-21-19-31-67(71)79-68-32-20-22-34-72(68)83(66-41-37-64(38-42-66)78(4,5)6)74-50-61(49-73(82)75(74)79)70-51-69(60-45-56(52-23-11-7-12-24-52)43-57(46-60)53-25-13-8-14-26-53)80-76(81-70)62-47-58(54-27-15-9-16-28-54)44-59(48-62)55-29-17-10-18-30-55/h7-51H,1-6H3. The highest BCUT2D eigenvalue weighted by Crippen LogP contribution is 2.47. The van der Waals surface area contributed by atoms with E-state index >= 15 is 0 Å². The molecule has 1 aromatic heterocycles. The van der Waals surface area contributed by atoms with E-state index < -0.39 is 0 Å². The highest BCUT2D eigenvalue weighted by molar-refractivity contribution is 7.00. The molecule has 0 atom stereocenters. The van der Waals surface area contributed by atoms with Crippen molar-refractivity contribution in [1.29, 1.82) is 0 Å². The fraction of sp³-hybridized carbons (Fsp3) is 0.103. The molecule has 0 radical (unpaired) electrons. The smallest absolute Gasteiger partial charge is 0.252 e. The van der Waals surface area contributed by atoms with Gasteiger partial charge in [-0.3, -0.25) is 0 Å². The quantitative estimate of drug-likeness (QED) is 0.135. The second kappa shape index (κ2) is 20.6. The summed E-state index contributed by atoms with van der Waals surface area (Å²) in [7, 11) is 0. The molecular formula is C78H63BN4. The molecule has 2 aliphatic rings. The SMILES string of the molecule is CC(C)(C)c1ccc(N2c3ccccc3B3c4ccccc4N(c4ccc(C(C)(C)C)cc4)c4cc(-c5cc(-c6cc(-c7ccccc7)cc(-c7ccccc7)c6)nc(-c6cc(-c7ccccc7)cc(-c7ccccc7)c6)n5)cc2c43)cc1. The van der Waals surface area contributed by atoms with Crippen LogP contribution in [0.2, 0.25) is 0 Å². The second-order valence-corrected chi connectivity index (χ2v) is 24.3. The zero-order chi connectivity index (χ0) is 56.4. The molecule has 3 heterocycles. The van der Waals surface area contributed by atoms with Gasteiger partial charge < -0.3 is 9.80 Å². The third-order valence-corrected chi connectivity index (χ3v) is 16.7. The Bertz CT molecular complexity index is 3980. The lowest BCUT2D eigenvalue weighted by atomic mass is 9.33. The predicted molar refractivity (Wildman–Crippen MR) is 352 cm³/mol. The average molecular weight is 1070 g/mol. The summed E-state index contributed by atoms with van der Waals surface area (Å²) in [6, 6.07) is 100. The maximum Gasteiger partial charge on any atom is 0.252 e.